The highest BCUT2D eigenvalue weighted by molar-refractivity contribution is 5.39. The highest BCUT2D eigenvalue weighted by atomic mass is 16.5. The number of aliphatic hydroxyl groups excluding tert-OH is 1. The smallest absolute Gasteiger partial charge is 0.123 e. The Morgan fingerprint density at radius 2 is 1.89 bits per heavy atom. The van der Waals surface area contributed by atoms with E-state index in [1.165, 1.54) is 0 Å². The molecule has 3 aromatic rings. The van der Waals surface area contributed by atoms with Gasteiger partial charge in [-0.25, -0.2) is 0 Å². The monoisotopic (exact) mass is 360 g/mol. The zero-order valence-electron chi connectivity index (χ0n) is 15.3. The summed E-state index contributed by atoms with van der Waals surface area (Å²) >= 11 is 0. The highest BCUT2D eigenvalue weighted by Crippen LogP contribution is 2.28. The lowest BCUT2D eigenvalue weighted by Crippen LogP contribution is -2.25. The molecule has 1 aliphatic rings. The number of fused-ring (bicyclic) bond motifs is 1. The van der Waals surface area contributed by atoms with Crippen molar-refractivity contribution in [2.45, 2.75) is 25.6 Å². The van der Waals surface area contributed by atoms with Gasteiger partial charge in [-0.3, -0.25) is 9.88 Å². The maximum Gasteiger partial charge on any atom is 0.123 e. The number of rotatable bonds is 5. The van der Waals surface area contributed by atoms with Crippen LogP contribution in [-0.2, 0) is 19.5 Å². The van der Waals surface area contributed by atoms with E-state index in [0.29, 0.717) is 13.0 Å². The van der Waals surface area contributed by atoms with Crippen molar-refractivity contribution in [3.8, 4) is 5.75 Å². The first-order chi connectivity index (χ1) is 13.3. The van der Waals surface area contributed by atoms with Crippen LogP contribution in [0.5, 0.6) is 5.75 Å². The average Bonchev–Trinajstić information content (AvgIpc) is 2.90. The molecule has 1 N–H and O–H groups in total. The molecule has 1 aliphatic heterocycles. The molecule has 4 heteroatoms. The minimum Gasteiger partial charge on any atom is -0.492 e. The van der Waals surface area contributed by atoms with Crippen molar-refractivity contribution in [1.29, 1.82) is 0 Å². The van der Waals surface area contributed by atoms with Crippen molar-refractivity contribution < 1.29 is 9.84 Å². The van der Waals surface area contributed by atoms with Gasteiger partial charge in [-0.05, 0) is 35.4 Å². The van der Waals surface area contributed by atoms with Crippen molar-refractivity contribution >= 4 is 0 Å². The molecule has 0 saturated heterocycles. The maximum atomic E-state index is 10.7. The molecule has 2 heterocycles. The summed E-state index contributed by atoms with van der Waals surface area (Å²) < 4.78 is 5.93. The van der Waals surface area contributed by atoms with Crippen LogP contribution in [-0.4, -0.2) is 28.1 Å². The number of aromatic nitrogens is 1. The van der Waals surface area contributed by atoms with Crippen LogP contribution in [0.2, 0.25) is 0 Å². The van der Waals surface area contributed by atoms with E-state index in [9.17, 15) is 5.11 Å². The van der Waals surface area contributed by atoms with Crippen LogP contribution in [0.15, 0.2) is 72.9 Å². The fourth-order valence-electron chi connectivity index (χ4n) is 3.49. The lowest BCUT2D eigenvalue weighted by atomic mass is 9.99. The zero-order valence-corrected chi connectivity index (χ0v) is 15.3. The lowest BCUT2D eigenvalue weighted by molar-refractivity contribution is 0.178. The van der Waals surface area contributed by atoms with Crippen molar-refractivity contribution in [3.05, 3.63) is 95.3 Å². The third-order valence-corrected chi connectivity index (χ3v) is 4.91. The van der Waals surface area contributed by atoms with Crippen molar-refractivity contribution in [1.82, 2.24) is 9.88 Å². The summed E-state index contributed by atoms with van der Waals surface area (Å²) in [6.07, 6.45) is 1.92. The molecule has 27 heavy (non-hydrogen) atoms. The number of benzene rings is 2. The average molecular weight is 360 g/mol. The van der Waals surface area contributed by atoms with Crippen LogP contribution in [0, 0.1) is 0 Å². The second-order valence-electron chi connectivity index (χ2n) is 6.95. The number of hydrogen-bond acceptors (Lipinski definition) is 4. The molecule has 4 rings (SSSR count). The first-order valence-electron chi connectivity index (χ1n) is 9.38. The highest BCUT2D eigenvalue weighted by Gasteiger charge is 2.18. The molecule has 138 valence electrons. The summed E-state index contributed by atoms with van der Waals surface area (Å²) in [5.74, 6) is 0.911. The van der Waals surface area contributed by atoms with E-state index >= 15 is 0 Å². The standard InChI is InChI=1S/C23H24N2O2/c26-22(14-18-6-2-1-3-7-18)19-9-10-23-20(15-19)16-25(12-13-27-23)17-21-8-4-5-11-24-21/h1-11,15,22,26H,12-14,16-17H2/t22-/m1/s1. The predicted octanol–water partition coefficient (Wildman–Crippen LogP) is 3.75. The Kier molecular flexibility index (Phi) is 5.47. The largest absolute Gasteiger partial charge is 0.492 e. The number of pyridine rings is 1. The van der Waals surface area contributed by atoms with Crippen molar-refractivity contribution in [3.63, 3.8) is 0 Å². The molecule has 0 aliphatic carbocycles. The van der Waals surface area contributed by atoms with Gasteiger partial charge in [-0.1, -0.05) is 42.5 Å². The Hall–Kier alpha value is -2.69. The second kappa shape index (κ2) is 8.33. The van der Waals surface area contributed by atoms with E-state index < -0.39 is 6.10 Å². The molecule has 2 aromatic carbocycles. The summed E-state index contributed by atoms with van der Waals surface area (Å²) in [5, 5.41) is 10.7. The second-order valence-corrected chi connectivity index (χ2v) is 6.95. The first-order valence-corrected chi connectivity index (χ1v) is 9.38. The van der Waals surface area contributed by atoms with Gasteiger partial charge in [0, 0.05) is 37.8 Å². The minimum atomic E-state index is -0.523. The molecule has 0 bridgehead atoms. The molecule has 0 saturated carbocycles. The fourth-order valence-corrected chi connectivity index (χ4v) is 3.49. The zero-order chi connectivity index (χ0) is 18.5. The van der Waals surface area contributed by atoms with E-state index in [2.05, 4.69) is 16.0 Å². The Balaban J connectivity index is 1.50. The molecule has 0 radical (unpaired) electrons. The number of ether oxygens (including phenoxy) is 1. The Bertz CT molecular complexity index is 868. The van der Waals surface area contributed by atoms with Gasteiger partial charge in [0.15, 0.2) is 0 Å². The molecule has 0 amide bonds. The van der Waals surface area contributed by atoms with Gasteiger partial charge in [0.1, 0.15) is 12.4 Å². The van der Waals surface area contributed by atoms with E-state index in [1.807, 2.05) is 66.9 Å². The predicted molar refractivity (Wildman–Crippen MR) is 105 cm³/mol. The van der Waals surface area contributed by atoms with Crippen molar-refractivity contribution in [2.75, 3.05) is 13.2 Å². The topological polar surface area (TPSA) is 45.6 Å². The van der Waals surface area contributed by atoms with E-state index in [1.54, 1.807) is 0 Å². The Morgan fingerprint density at radius 3 is 2.70 bits per heavy atom. The number of nitrogens with zero attached hydrogens (tertiary/aromatic N) is 2. The Morgan fingerprint density at radius 1 is 1.04 bits per heavy atom. The van der Waals surface area contributed by atoms with Crippen LogP contribution >= 0.6 is 0 Å². The Labute approximate surface area is 160 Å². The van der Waals surface area contributed by atoms with Crippen LogP contribution in [0.1, 0.15) is 28.5 Å². The third kappa shape index (κ3) is 4.54. The molecular weight excluding hydrogens is 336 g/mol. The van der Waals surface area contributed by atoms with Gasteiger partial charge in [-0.15, -0.1) is 0 Å². The summed E-state index contributed by atoms with van der Waals surface area (Å²) in [5.41, 5.74) is 4.24. The molecular formula is C23H24N2O2. The van der Waals surface area contributed by atoms with E-state index in [0.717, 1.165) is 47.8 Å². The minimum absolute atomic E-state index is 0.523. The summed E-state index contributed by atoms with van der Waals surface area (Å²) in [6, 6.07) is 22.1. The van der Waals surface area contributed by atoms with Gasteiger partial charge in [0.05, 0.1) is 11.8 Å². The SMILES string of the molecule is O[C@H](Cc1ccccc1)c1ccc2c(c1)CN(Cc1ccccn1)CCO2. The summed E-state index contributed by atoms with van der Waals surface area (Å²) in [6.45, 7) is 3.09. The van der Waals surface area contributed by atoms with Gasteiger partial charge in [0.2, 0.25) is 0 Å². The number of hydrogen-bond donors (Lipinski definition) is 1. The maximum absolute atomic E-state index is 10.7. The van der Waals surface area contributed by atoms with Gasteiger partial charge >= 0.3 is 0 Å². The molecule has 0 fully saturated rings. The third-order valence-electron chi connectivity index (χ3n) is 4.91. The van der Waals surface area contributed by atoms with Gasteiger partial charge in [-0.2, -0.15) is 0 Å². The van der Waals surface area contributed by atoms with E-state index in [-0.39, 0.29) is 0 Å². The normalized spacial score (nSPS) is 15.4. The molecule has 1 aromatic heterocycles. The van der Waals surface area contributed by atoms with Crippen LogP contribution < -0.4 is 4.74 Å². The molecule has 0 unspecified atom stereocenters. The van der Waals surface area contributed by atoms with Crippen LogP contribution in [0.4, 0.5) is 0 Å². The summed E-state index contributed by atoms with van der Waals surface area (Å²) in [4.78, 5) is 6.76. The molecule has 4 nitrogen and oxygen atoms in total. The van der Waals surface area contributed by atoms with Crippen LogP contribution in [0.25, 0.3) is 0 Å². The summed E-state index contributed by atoms with van der Waals surface area (Å²) in [7, 11) is 0. The fraction of sp³-hybridized carbons (Fsp3) is 0.261. The van der Waals surface area contributed by atoms with Gasteiger partial charge in [0.25, 0.3) is 0 Å². The van der Waals surface area contributed by atoms with Crippen LogP contribution in [0.3, 0.4) is 0 Å². The van der Waals surface area contributed by atoms with Gasteiger partial charge < -0.3 is 9.84 Å². The van der Waals surface area contributed by atoms with Crippen molar-refractivity contribution in [2.24, 2.45) is 0 Å². The number of aliphatic hydroxyl groups is 1. The van der Waals surface area contributed by atoms with E-state index in [4.69, 9.17) is 4.74 Å². The molecule has 1 atom stereocenters. The quantitative estimate of drug-likeness (QED) is 0.753. The lowest BCUT2D eigenvalue weighted by Gasteiger charge is -2.19. The molecule has 0 spiro atoms. The first kappa shape index (κ1) is 17.7.